The lowest BCUT2D eigenvalue weighted by atomic mass is 10.1. The first-order valence-electron chi connectivity index (χ1n) is 5.60. The average molecular weight is 309 g/mol. The number of benzene rings is 2. The standard InChI is InChI=1S/C14H14BrFN2/c1-9-2-3-11(15)6-10(9)8-18-14-7-12(16)4-5-13(14)17/h2-7,18H,8,17H2,1H3. The van der Waals surface area contributed by atoms with E-state index in [0.717, 1.165) is 10.0 Å². The van der Waals surface area contributed by atoms with Crippen LogP contribution in [0.3, 0.4) is 0 Å². The van der Waals surface area contributed by atoms with Crippen molar-refractivity contribution < 1.29 is 4.39 Å². The Balaban J connectivity index is 2.16. The zero-order valence-corrected chi connectivity index (χ0v) is 11.6. The second-order valence-electron chi connectivity index (χ2n) is 4.16. The predicted molar refractivity (Wildman–Crippen MR) is 77.0 cm³/mol. The lowest BCUT2D eigenvalue weighted by Crippen LogP contribution is -2.04. The number of hydrogen-bond acceptors (Lipinski definition) is 2. The number of aryl methyl sites for hydroxylation is 1. The van der Waals surface area contributed by atoms with Crippen LogP contribution in [0.5, 0.6) is 0 Å². The highest BCUT2D eigenvalue weighted by Crippen LogP contribution is 2.22. The van der Waals surface area contributed by atoms with Crippen LogP contribution in [-0.4, -0.2) is 0 Å². The van der Waals surface area contributed by atoms with Gasteiger partial charge in [0.1, 0.15) is 5.82 Å². The van der Waals surface area contributed by atoms with E-state index >= 15 is 0 Å². The van der Waals surface area contributed by atoms with Gasteiger partial charge in [-0.25, -0.2) is 4.39 Å². The summed E-state index contributed by atoms with van der Waals surface area (Å²) in [5.74, 6) is -0.294. The van der Waals surface area contributed by atoms with Crippen molar-refractivity contribution in [3.05, 3.63) is 57.8 Å². The zero-order chi connectivity index (χ0) is 13.1. The van der Waals surface area contributed by atoms with Crippen molar-refractivity contribution in [1.29, 1.82) is 0 Å². The molecule has 2 nitrogen and oxygen atoms in total. The van der Waals surface area contributed by atoms with Gasteiger partial charge in [0.05, 0.1) is 11.4 Å². The van der Waals surface area contributed by atoms with Gasteiger partial charge in [0, 0.05) is 11.0 Å². The van der Waals surface area contributed by atoms with Crippen LogP contribution in [0.4, 0.5) is 15.8 Å². The van der Waals surface area contributed by atoms with Crippen LogP contribution in [0.25, 0.3) is 0 Å². The summed E-state index contributed by atoms with van der Waals surface area (Å²) in [7, 11) is 0. The molecule has 0 unspecified atom stereocenters. The molecule has 3 N–H and O–H groups in total. The average Bonchev–Trinajstić information content (AvgIpc) is 2.34. The fraction of sp³-hybridized carbons (Fsp3) is 0.143. The van der Waals surface area contributed by atoms with E-state index in [1.165, 1.54) is 17.7 Å². The van der Waals surface area contributed by atoms with Crippen molar-refractivity contribution in [3.8, 4) is 0 Å². The highest BCUT2D eigenvalue weighted by Gasteiger charge is 2.03. The topological polar surface area (TPSA) is 38.0 Å². The maximum Gasteiger partial charge on any atom is 0.125 e. The van der Waals surface area contributed by atoms with E-state index in [0.29, 0.717) is 17.9 Å². The molecular weight excluding hydrogens is 295 g/mol. The molecule has 18 heavy (non-hydrogen) atoms. The van der Waals surface area contributed by atoms with Crippen LogP contribution < -0.4 is 11.1 Å². The molecule has 0 saturated carbocycles. The summed E-state index contributed by atoms with van der Waals surface area (Å²) in [6, 6.07) is 10.4. The predicted octanol–water partition coefficient (Wildman–Crippen LogP) is 4.09. The molecule has 2 aromatic rings. The highest BCUT2D eigenvalue weighted by molar-refractivity contribution is 9.10. The fourth-order valence-electron chi connectivity index (χ4n) is 1.70. The Hall–Kier alpha value is -1.55. The molecule has 0 amide bonds. The van der Waals surface area contributed by atoms with Crippen LogP contribution >= 0.6 is 15.9 Å². The Morgan fingerprint density at radius 1 is 1.22 bits per heavy atom. The Morgan fingerprint density at radius 2 is 2.00 bits per heavy atom. The molecule has 0 aliphatic heterocycles. The molecule has 0 atom stereocenters. The lowest BCUT2D eigenvalue weighted by Gasteiger charge is -2.11. The third-order valence-electron chi connectivity index (χ3n) is 2.80. The number of nitrogens with two attached hydrogens (primary N) is 1. The van der Waals surface area contributed by atoms with E-state index in [1.807, 2.05) is 25.1 Å². The number of nitrogen functional groups attached to an aromatic ring is 1. The Kier molecular flexibility index (Phi) is 3.87. The van der Waals surface area contributed by atoms with Gasteiger partial charge in [0.25, 0.3) is 0 Å². The van der Waals surface area contributed by atoms with Crippen molar-refractivity contribution in [2.75, 3.05) is 11.1 Å². The summed E-state index contributed by atoms with van der Waals surface area (Å²) in [6.07, 6.45) is 0. The van der Waals surface area contributed by atoms with E-state index in [-0.39, 0.29) is 5.82 Å². The molecule has 0 spiro atoms. The molecule has 4 heteroatoms. The van der Waals surface area contributed by atoms with Gasteiger partial charge < -0.3 is 11.1 Å². The molecule has 2 aromatic carbocycles. The smallest absolute Gasteiger partial charge is 0.125 e. The molecule has 0 radical (unpaired) electrons. The molecule has 0 fully saturated rings. The zero-order valence-electron chi connectivity index (χ0n) is 10.0. The number of anilines is 2. The minimum Gasteiger partial charge on any atom is -0.397 e. The molecular formula is C14H14BrFN2. The molecule has 0 aliphatic carbocycles. The van der Waals surface area contributed by atoms with E-state index in [4.69, 9.17) is 5.73 Å². The van der Waals surface area contributed by atoms with Gasteiger partial charge in [-0.1, -0.05) is 22.0 Å². The summed E-state index contributed by atoms with van der Waals surface area (Å²) in [6.45, 7) is 2.65. The monoisotopic (exact) mass is 308 g/mol. The van der Waals surface area contributed by atoms with Gasteiger partial charge in [0.2, 0.25) is 0 Å². The van der Waals surface area contributed by atoms with E-state index < -0.39 is 0 Å². The van der Waals surface area contributed by atoms with Crippen LogP contribution in [0.1, 0.15) is 11.1 Å². The first-order valence-corrected chi connectivity index (χ1v) is 6.39. The summed E-state index contributed by atoms with van der Waals surface area (Å²) >= 11 is 3.44. The van der Waals surface area contributed by atoms with Crippen molar-refractivity contribution >= 4 is 27.3 Å². The van der Waals surface area contributed by atoms with Gasteiger partial charge in [-0.3, -0.25) is 0 Å². The summed E-state index contributed by atoms with van der Waals surface area (Å²) in [5, 5.41) is 3.15. The number of rotatable bonds is 3. The quantitative estimate of drug-likeness (QED) is 0.838. The summed E-state index contributed by atoms with van der Waals surface area (Å²) in [5.41, 5.74) is 9.28. The Bertz CT molecular complexity index is 518. The Labute approximate surface area is 114 Å². The third-order valence-corrected chi connectivity index (χ3v) is 3.29. The largest absolute Gasteiger partial charge is 0.397 e. The molecule has 94 valence electrons. The van der Waals surface area contributed by atoms with E-state index in [2.05, 4.69) is 21.2 Å². The minimum absolute atomic E-state index is 0.294. The van der Waals surface area contributed by atoms with Crippen molar-refractivity contribution in [3.63, 3.8) is 0 Å². The van der Waals surface area contributed by atoms with Crippen molar-refractivity contribution in [1.82, 2.24) is 0 Å². The first-order chi connectivity index (χ1) is 8.56. The minimum atomic E-state index is -0.294. The van der Waals surface area contributed by atoms with E-state index in [1.54, 1.807) is 6.07 Å². The highest BCUT2D eigenvalue weighted by atomic mass is 79.9. The maximum atomic E-state index is 13.1. The van der Waals surface area contributed by atoms with Crippen LogP contribution in [0.15, 0.2) is 40.9 Å². The Morgan fingerprint density at radius 3 is 2.78 bits per heavy atom. The maximum absolute atomic E-state index is 13.1. The van der Waals surface area contributed by atoms with Gasteiger partial charge in [-0.15, -0.1) is 0 Å². The molecule has 0 aliphatic rings. The van der Waals surface area contributed by atoms with Crippen molar-refractivity contribution in [2.24, 2.45) is 0 Å². The second kappa shape index (κ2) is 5.40. The van der Waals surface area contributed by atoms with Crippen LogP contribution in [-0.2, 0) is 6.54 Å². The normalized spacial score (nSPS) is 10.4. The van der Waals surface area contributed by atoms with Crippen LogP contribution in [0.2, 0.25) is 0 Å². The molecule has 0 bridgehead atoms. The summed E-state index contributed by atoms with van der Waals surface area (Å²) < 4.78 is 14.1. The molecule has 0 heterocycles. The number of hydrogen-bond donors (Lipinski definition) is 2. The van der Waals surface area contributed by atoms with Gasteiger partial charge in [0.15, 0.2) is 0 Å². The lowest BCUT2D eigenvalue weighted by molar-refractivity contribution is 0.628. The SMILES string of the molecule is Cc1ccc(Br)cc1CNc1cc(F)ccc1N. The second-order valence-corrected chi connectivity index (χ2v) is 5.07. The third kappa shape index (κ3) is 3.01. The summed E-state index contributed by atoms with van der Waals surface area (Å²) in [4.78, 5) is 0. The van der Waals surface area contributed by atoms with Crippen molar-refractivity contribution in [2.45, 2.75) is 13.5 Å². The molecule has 0 saturated heterocycles. The fourth-order valence-corrected chi connectivity index (χ4v) is 2.11. The molecule has 0 aromatic heterocycles. The molecule has 2 rings (SSSR count). The van der Waals surface area contributed by atoms with Crippen LogP contribution in [0, 0.1) is 12.7 Å². The first kappa shape index (κ1) is 12.9. The number of halogens is 2. The van der Waals surface area contributed by atoms with Gasteiger partial charge in [-0.2, -0.15) is 0 Å². The van der Waals surface area contributed by atoms with E-state index in [9.17, 15) is 4.39 Å². The van der Waals surface area contributed by atoms with Gasteiger partial charge in [-0.05, 0) is 48.4 Å². The van der Waals surface area contributed by atoms with Gasteiger partial charge >= 0.3 is 0 Å². The number of nitrogens with one attached hydrogen (secondary N) is 1.